The highest BCUT2D eigenvalue weighted by molar-refractivity contribution is 8.01. The zero-order chi connectivity index (χ0) is 17.5. The van der Waals surface area contributed by atoms with Crippen molar-refractivity contribution in [2.24, 2.45) is 0 Å². The van der Waals surface area contributed by atoms with Gasteiger partial charge in [0.05, 0.1) is 0 Å². The highest BCUT2D eigenvalue weighted by Crippen LogP contribution is 2.26. The molecular weight excluding hydrogens is 342 g/mol. The molecule has 24 heavy (non-hydrogen) atoms. The summed E-state index contributed by atoms with van der Waals surface area (Å²) in [4.78, 5) is 12.4. The number of ether oxygens (including phenoxy) is 1. The molecule has 0 aliphatic heterocycles. The van der Waals surface area contributed by atoms with Crippen molar-refractivity contribution in [2.75, 3.05) is 11.1 Å². The van der Waals surface area contributed by atoms with Gasteiger partial charge in [-0.25, -0.2) is 0 Å². The van der Waals surface area contributed by atoms with Gasteiger partial charge in [-0.1, -0.05) is 48.2 Å². The Morgan fingerprint density at radius 1 is 1.46 bits per heavy atom. The lowest BCUT2D eigenvalue weighted by molar-refractivity contribution is -0.122. The van der Waals surface area contributed by atoms with Crippen molar-refractivity contribution in [1.29, 1.82) is 0 Å². The predicted molar refractivity (Wildman–Crippen MR) is 100 cm³/mol. The average Bonchev–Trinajstić information content (AvgIpc) is 3.00. The van der Waals surface area contributed by atoms with Crippen LogP contribution in [0.2, 0.25) is 0 Å². The number of nitrogens with zero attached hydrogens (tertiary/aromatic N) is 2. The van der Waals surface area contributed by atoms with Crippen LogP contribution >= 0.6 is 23.1 Å². The number of aryl methyl sites for hydroxylation is 2. The Hall–Kier alpha value is -1.86. The maximum Gasteiger partial charge on any atom is 0.267 e. The number of hydrogen-bond donors (Lipinski definition) is 1. The molecule has 2 aromatic rings. The Morgan fingerprint density at radius 3 is 2.96 bits per heavy atom. The number of benzene rings is 1. The quantitative estimate of drug-likeness (QED) is 0.432. The number of anilines is 1. The first kappa shape index (κ1) is 18.5. The molecule has 0 bridgehead atoms. The van der Waals surface area contributed by atoms with Crippen LogP contribution in [0.25, 0.3) is 0 Å². The first-order valence-corrected chi connectivity index (χ1v) is 9.45. The van der Waals surface area contributed by atoms with Gasteiger partial charge in [0.1, 0.15) is 5.75 Å². The van der Waals surface area contributed by atoms with E-state index in [1.165, 1.54) is 23.1 Å². The molecule has 1 amide bonds. The molecule has 1 N–H and O–H groups in total. The lowest BCUT2D eigenvalue weighted by Gasteiger charge is -2.18. The number of hydrogen-bond acceptors (Lipinski definition) is 6. The molecule has 0 radical (unpaired) electrons. The van der Waals surface area contributed by atoms with E-state index in [9.17, 15) is 4.79 Å². The normalized spacial score (nSPS) is 11.8. The Morgan fingerprint density at radius 2 is 2.25 bits per heavy atom. The summed E-state index contributed by atoms with van der Waals surface area (Å²) in [5.41, 5.74) is 2.10. The molecule has 1 aromatic heterocycles. The second-order valence-electron chi connectivity index (χ2n) is 5.25. The van der Waals surface area contributed by atoms with Crippen LogP contribution in [0.3, 0.4) is 0 Å². The second kappa shape index (κ2) is 8.84. The van der Waals surface area contributed by atoms with Crippen LogP contribution in [0.1, 0.15) is 24.5 Å². The molecule has 5 nitrogen and oxygen atoms in total. The van der Waals surface area contributed by atoms with Gasteiger partial charge >= 0.3 is 0 Å². The third-order valence-electron chi connectivity index (χ3n) is 3.24. The molecule has 0 spiro atoms. The Bertz CT molecular complexity index is 716. The summed E-state index contributed by atoms with van der Waals surface area (Å²) < 4.78 is 6.71. The molecular formula is C17H21N3O2S2. The van der Waals surface area contributed by atoms with Crippen molar-refractivity contribution >= 4 is 34.1 Å². The monoisotopic (exact) mass is 363 g/mol. The summed E-state index contributed by atoms with van der Waals surface area (Å²) in [6, 6.07) is 5.95. The molecule has 1 unspecified atom stereocenters. The van der Waals surface area contributed by atoms with Crippen molar-refractivity contribution in [1.82, 2.24) is 10.2 Å². The van der Waals surface area contributed by atoms with Crippen LogP contribution in [0.4, 0.5) is 5.13 Å². The topological polar surface area (TPSA) is 64.1 Å². The third kappa shape index (κ3) is 5.07. The molecule has 2 rings (SSSR count). The molecule has 0 aliphatic carbocycles. The molecule has 0 fully saturated rings. The third-order valence-corrected chi connectivity index (χ3v) is 5.21. The Labute approximate surface area is 150 Å². The van der Waals surface area contributed by atoms with Crippen LogP contribution in [0.15, 0.2) is 35.2 Å². The Kier molecular flexibility index (Phi) is 6.81. The van der Waals surface area contributed by atoms with E-state index in [2.05, 4.69) is 22.1 Å². The lowest BCUT2D eigenvalue weighted by atomic mass is 10.1. The summed E-state index contributed by atoms with van der Waals surface area (Å²) in [5.74, 6) is 1.28. The van der Waals surface area contributed by atoms with Crippen LogP contribution in [-0.2, 0) is 4.79 Å². The predicted octanol–water partition coefficient (Wildman–Crippen LogP) is 4.23. The van der Waals surface area contributed by atoms with Gasteiger partial charge in [-0.2, -0.15) is 0 Å². The van der Waals surface area contributed by atoms with Gasteiger partial charge in [0.15, 0.2) is 10.4 Å². The smallest absolute Gasteiger partial charge is 0.267 e. The number of rotatable bonds is 8. The van der Waals surface area contributed by atoms with Crippen LogP contribution in [-0.4, -0.2) is 28.0 Å². The van der Waals surface area contributed by atoms with Gasteiger partial charge in [-0.15, -0.1) is 16.8 Å². The molecule has 128 valence electrons. The van der Waals surface area contributed by atoms with Crippen molar-refractivity contribution in [3.8, 4) is 5.75 Å². The van der Waals surface area contributed by atoms with Crippen LogP contribution in [0, 0.1) is 13.8 Å². The van der Waals surface area contributed by atoms with Gasteiger partial charge in [-0.05, 0) is 37.5 Å². The molecule has 0 saturated carbocycles. The molecule has 0 aliphatic rings. The van der Waals surface area contributed by atoms with E-state index in [0.717, 1.165) is 27.0 Å². The van der Waals surface area contributed by atoms with E-state index < -0.39 is 6.10 Å². The molecule has 1 heterocycles. The summed E-state index contributed by atoms with van der Waals surface area (Å²) in [6.07, 6.45) is 1.80. The van der Waals surface area contributed by atoms with E-state index in [0.29, 0.717) is 11.6 Å². The number of amides is 1. The van der Waals surface area contributed by atoms with E-state index in [1.54, 1.807) is 6.08 Å². The van der Waals surface area contributed by atoms with Gasteiger partial charge in [0.2, 0.25) is 5.13 Å². The largest absolute Gasteiger partial charge is 0.480 e. The maximum atomic E-state index is 12.4. The number of aromatic nitrogens is 2. The molecule has 1 atom stereocenters. The first-order valence-electron chi connectivity index (χ1n) is 7.65. The number of thioether (sulfide) groups is 1. The minimum atomic E-state index is -0.571. The van der Waals surface area contributed by atoms with E-state index >= 15 is 0 Å². The van der Waals surface area contributed by atoms with Gasteiger partial charge in [0.25, 0.3) is 5.91 Å². The zero-order valence-corrected chi connectivity index (χ0v) is 15.7. The van der Waals surface area contributed by atoms with Crippen LogP contribution < -0.4 is 10.1 Å². The fraction of sp³-hybridized carbons (Fsp3) is 0.353. The molecule has 7 heteroatoms. The first-order chi connectivity index (χ1) is 11.5. The number of carbonyl (C=O) groups excluding carboxylic acids is 1. The minimum absolute atomic E-state index is 0.213. The van der Waals surface area contributed by atoms with Crippen molar-refractivity contribution in [3.63, 3.8) is 0 Å². The highest BCUT2D eigenvalue weighted by atomic mass is 32.2. The molecule has 0 saturated heterocycles. The second-order valence-corrected chi connectivity index (χ2v) is 7.49. The van der Waals surface area contributed by atoms with Gasteiger partial charge < -0.3 is 4.74 Å². The van der Waals surface area contributed by atoms with Gasteiger partial charge in [-0.3, -0.25) is 10.1 Å². The van der Waals surface area contributed by atoms with E-state index in [-0.39, 0.29) is 5.91 Å². The van der Waals surface area contributed by atoms with E-state index in [4.69, 9.17) is 4.74 Å². The van der Waals surface area contributed by atoms with Crippen molar-refractivity contribution in [2.45, 2.75) is 37.6 Å². The summed E-state index contributed by atoms with van der Waals surface area (Å²) >= 11 is 2.88. The highest BCUT2D eigenvalue weighted by Gasteiger charge is 2.21. The molecule has 1 aromatic carbocycles. The zero-order valence-electron chi connectivity index (χ0n) is 14.0. The SMILES string of the molecule is C=CCSc1nnc(NC(=O)C(CC)Oc2cc(C)ccc2C)s1. The number of nitrogens with one attached hydrogen (secondary N) is 1. The van der Waals surface area contributed by atoms with Crippen molar-refractivity contribution in [3.05, 3.63) is 42.0 Å². The average molecular weight is 364 g/mol. The summed E-state index contributed by atoms with van der Waals surface area (Å²) in [5, 5.41) is 11.3. The van der Waals surface area contributed by atoms with E-state index in [1.807, 2.05) is 39.0 Å². The Balaban J connectivity index is 2.01. The fourth-order valence-corrected chi connectivity index (χ4v) is 3.46. The lowest BCUT2D eigenvalue weighted by Crippen LogP contribution is -2.32. The minimum Gasteiger partial charge on any atom is -0.480 e. The number of carbonyl (C=O) groups is 1. The van der Waals surface area contributed by atoms with Gasteiger partial charge in [0, 0.05) is 5.75 Å². The fourth-order valence-electron chi connectivity index (χ4n) is 1.94. The van der Waals surface area contributed by atoms with Crippen LogP contribution in [0.5, 0.6) is 5.75 Å². The standard InChI is InChI=1S/C17H21N3O2S2/c1-5-9-23-17-20-19-16(24-17)18-15(21)13(6-2)22-14-10-11(3)7-8-12(14)4/h5,7-8,10,13H,1,6,9H2,2-4H3,(H,18,19,21). The maximum absolute atomic E-state index is 12.4. The summed E-state index contributed by atoms with van der Waals surface area (Å²) in [6.45, 7) is 9.55. The summed E-state index contributed by atoms with van der Waals surface area (Å²) in [7, 11) is 0. The van der Waals surface area contributed by atoms with Crippen molar-refractivity contribution < 1.29 is 9.53 Å².